The van der Waals surface area contributed by atoms with Crippen LogP contribution in [-0.4, -0.2) is 24.3 Å². The summed E-state index contributed by atoms with van der Waals surface area (Å²) in [5.74, 6) is 0.197. The number of hydrogen-bond acceptors (Lipinski definition) is 1. The summed E-state index contributed by atoms with van der Waals surface area (Å²) < 4.78 is 13.6. The molecule has 0 bridgehead atoms. The highest BCUT2D eigenvalue weighted by atomic mass is 19.1. The second-order valence-electron chi connectivity index (χ2n) is 3.85. The molecule has 0 aromatic carbocycles. The lowest BCUT2D eigenvalue weighted by molar-refractivity contribution is 0.0224. The Morgan fingerprint density at radius 3 is 2.33 bits per heavy atom. The zero-order valence-electron chi connectivity index (χ0n) is 8.22. The molecule has 0 saturated carbocycles. The van der Waals surface area contributed by atoms with E-state index in [1.165, 1.54) is 19.3 Å². The van der Waals surface area contributed by atoms with E-state index < -0.39 is 6.30 Å². The van der Waals surface area contributed by atoms with Crippen molar-refractivity contribution in [1.82, 2.24) is 4.90 Å². The maximum absolute atomic E-state index is 13.6. The molecule has 12 heavy (non-hydrogen) atoms. The monoisotopic (exact) mass is 173 g/mol. The van der Waals surface area contributed by atoms with Gasteiger partial charge in [0, 0.05) is 19.0 Å². The summed E-state index contributed by atoms with van der Waals surface area (Å²) in [6.07, 6.45) is 3.88. The molecule has 0 amide bonds. The standard InChI is InChI=1S/C10H20FN/c1-3-9(2)10(11)12-7-5-4-6-8-12/h9-10H,3-8H2,1-2H3. The quantitative estimate of drug-likeness (QED) is 0.593. The van der Waals surface area contributed by atoms with Crippen molar-refractivity contribution < 1.29 is 4.39 Å². The van der Waals surface area contributed by atoms with Gasteiger partial charge < -0.3 is 0 Å². The molecule has 1 heterocycles. The number of hydrogen-bond donors (Lipinski definition) is 0. The maximum Gasteiger partial charge on any atom is 0.156 e. The summed E-state index contributed by atoms with van der Waals surface area (Å²) >= 11 is 0. The van der Waals surface area contributed by atoms with E-state index in [1.807, 2.05) is 11.8 Å². The van der Waals surface area contributed by atoms with Gasteiger partial charge in [0.2, 0.25) is 0 Å². The Bertz CT molecular complexity index is 121. The molecule has 0 aromatic rings. The van der Waals surface area contributed by atoms with Gasteiger partial charge in [-0.1, -0.05) is 20.3 Å². The van der Waals surface area contributed by atoms with Crippen molar-refractivity contribution >= 4 is 0 Å². The summed E-state index contributed by atoms with van der Waals surface area (Å²) in [6.45, 7) is 5.98. The van der Waals surface area contributed by atoms with Crippen molar-refractivity contribution in [3.05, 3.63) is 0 Å². The van der Waals surface area contributed by atoms with Crippen LogP contribution in [0.5, 0.6) is 0 Å². The van der Waals surface area contributed by atoms with Crippen LogP contribution in [0.2, 0.25) is 0 Å². The fourth-order valence-electron chi connectivity index (χ4n) is 1.72. The van der Waals surface area contributed by atoms with Crippen molar-refractivity contribution in [3.63, 3.8) is 0 Å². The first-order chi connectivity index (χ1) is 5.75. The molecule has 1 rings (SSSR count). The SMILES string of the molecule is CCC(C)C(F)N1CCCCC1. The van der Waals surface area contributed by atoms with Gasteiger partial charge in [0.25, 0.3) is 0 Å². The summed E-state index contributed by atoms with van der Waals surface area (Å²) in [4.78, 5) is 2.00. The molecule has 0 radical (unpaired) electrons. The van der Waals surface area contributed by atoms with Crippen LogP contribution in [0, 0.1) is 5.92 Å². The van der Waals surface area contributed by atoms with Crippen molar-refractivity contribution in [3.8, 4) is 0 Å². The highest BCUT2D eigenvalue weighted by Gasteiger charge is 2.23. The van der Waals surface area contributed by atoms with Gasteiger partial charge in [-0.3, -0.25) is 4.90 Å². The van der Waals surface area contributed by atoms with Crippen LogP contribution in [0.15, 0.2) is 0 Å². The van der Waals surface area contributed by atoms with Gasteiger partial charge in [-0.2, -0.15) is 0 Å². The Labute approximate surface area is 74.9 Å². The van der Waals surface area contributed by atoms with Gasteiger partial charge >= 0.3 is 0 Å². The summed E-state index contributed by atoms with van der Waals surface area (Å²) in [5.41, 5.74) is 0. The Morgan fingerprint density at radius 1 is 1.25 bits per heavy atom. The van der Waals surface area contributed by atoms with Crippen LogP contribution in [-0.2, 0) is 0 Å². The molecule has 72 valence electrons. The fourth-order valence-corrected chi connectivity index (χ4v) is 1.72. The molecule has 1 aliphatic heterocycles. The first kappa shape index (κ1) is 9.97. The van der Waals surface area contributed by atoms with Crippen LogP contribution in [0.3, 0.4) is 0 Å². The van der Waals surface area contributed by atoms with Crippen molar-refractivity contribution in [1.29, 1.82) is 0 Å². The highest BCUT2D eigenvalue weighted by molar-refractivity contribution is 4.70. The van der Waals surface area contributed by atoms with Crippen LogP contribution < -0.4 is 0 Å². The first-order valence-electron chi connectivity index (χ1n) is 5.13. The minimum absolute atomic E-state index is 0.197. The van der Waals surface area contributed by atoms with E-state index in [9.17, 15) is 4.39 Å². The number of nitrogens with zero attached hydrogens (tertiary/aromatic N) is 1. The molecule has 0 N–H and O–H groups in total. The minimum atomic E-state index is -0.699. The molecule has 2 unspecified atom stereocenters. The molecule has 1 nitrogen and oxygen atoms in total. The van der Waals surface area contributed by atoms with Crippen LogP contribution >= 0.6 is 0 Å². The van der Waals surface area contributed by atoms with Crippen molar-refractivity contribution in [2.45, 2.75) is 45.8 Å². The third kappa shape index (κ3) is 2.44. The average molecular weight is 173 g/mol. The molecule has 0 aromatic heterocycles. The summed E-state index contributed by atoms with van der Waals surface area (Å²) in [7, 11) is 0. The van der Waals surface area contributed by atoms with E-state index in [2.05, 4.69) is 6.92 Å². The van der Waals surface area contributed by atoms with Gasteiger partial charge in [-0.15, -0.1) is 0 Å². The zero-order valence-corrected chi connectivity index (χ0v) is 8.22. The fraction of sp³-hybridized carbons (Fsp3) is 1.00. The molecular formula is C10H20FN. The normalized spacial score (nSPS) is 25.2. The number of alkyl halides is 1. The molecule has 2 atom stereocenters. The number of piperidine rings is 1. The maximum atomic E-state index is 13.6. The molecule has 1 fully saturated rings. The van der Waals surface area contributed by atoms with E-state index in [0.717, 1.165) is 19.5 Å². The van der Waals surface area contributed by atoms with Gasteiger partial charge in [-0.05, 0) is 19.3 Å². The number of likely N-dealkylation sites (tertiary alicyclic amines) is 1. The number of halogens is 1. The van der Waals surface area contributed by atoms with E-state index in [1.54, 1.807) is 0 Å². The van der Waals surface area contributed by atoms with Crippen LogP contribution in [0.4, 0.5) is 4.39 Å². The molecule has 2 heteroatoms. The largest absolute Gasteiger partial charge is 0.274 e. The Hall–Kier alpha value is -0.110. The summed E-state index contributed by atoms with van der Waals surface area (Å²) in [5, 5.41) is 0. The second-order valence-corrected chi connectivity index (χ2v) is 3.85. The van der Waals surface area contributed by atoms with E-state index >= 15 is 0 Å². The van der Waals surface area contributed by atoms with Crippen molar-refractivity contribution in [2.24, 2.45) is 5.92 Å². The first-order valence-corrected chi connectivity index (χ1v) is 5.13. The predicted molar refractivity (Wildman–Crippen MR) is 49.8 cm³/mol. The van der Waals surface area contributed by atoms with Crippen LogP contribution in [0.25, 0.3) is 0 Å². The van der Waals surface area contributed by atoms with Gasteiger partial charge in [0.15, 0.2) is 6.30 Å². The predicted octanol–water partition coefficient (Wildman–Crippen LogP) is 2.81. The molecule has 0 aliphatic carbocycles. The van der Waals surface area contributed by atoms with E-state index in [4.69, 9.17) is 0 Å². The van der Waals surface area contributed by atoms with Gasteiger partial charge in [-0.25, -0.2) is 4.39 Å². The van der Waals surface area contributed by atoms with E-state index in [-0.39, 0.29) is 5.92 Å². The van der Waals surface area contributed by atoms with Crippen molar-refractivity contribution in [2.75, 3.05) is 13.1 Å². The lowest BCUT2D eigenvalue weighted by Gasteiger charge is -2.32. The highest BCUT2D eigenvalue weighted by Crippen LogP contribution is 2.20. The van der Waals surface area contributed by atoms with Gasteiger partial charge in [0.1, 0.15) is 0 Å². The molecule has 1 saturated heterocycles. The smallest absolute Gasteiger partial charge is 0.156 e. The Kier molecular flexibility index (Phi) is 3.99. The lowest BCUT2D eigenvalue weighted by atomic mass is 10.0. The molecular weight excluding hydrogens is 153 g/mol. The topological polar surface area (TPSA) is 3.24 Å². The molecule has 0 spiro atoms. The summed E-state index contributed by atoms with van der Waals surface area (Å²) in [6, 6.07) is 0. The Balaban J connectivity index is 2.33. The molecule has 1 aliphatic rings. The Morgan fingerprint density at radius 2 is 1.83 bits per heavy atom. The van der Waals surface area contributed by atoms with Crippen LogP contribution in [0.1, 0.15) is 39.5 Å². The number of rotatable bonds is 3. The third-order valence-electron chi connectivity index (χ3n) is 2.85. The third-order valence-corrected chi connectivity index (χ3v) is 2.85. The second kappa shape index (κ2) is 4.80. The zero-order chi connectivity index (χ0) is 8.97. The average Bonchev–Trinajstić information content (AvgIpc) is 2.17. The van der Waals surface area contributed by atoms with Gasteiger partial charge in [0.05, 0.1) is 0 Å². The van der Waals surface area contributed by atoms with E-state index in [0.29, 0.717) is 0 Å². The minimum Gasteiger partial charge on any atom is -0.274 e. The lowest BCUT2D eigenvalue weighted by Crippen LogP contribution is -2.39.